The molecule has 0 saturated heterocycles. The second-order valence-corrected chi connectivity index (χ2v) is 8.75. The molecule has 2 aromatic heterocycles. The Labute approximate surface area is 209 Å². The van der Waals surface area contributed by atoms with Crippen molar-refractivity contribution in [3.63, 3.8) is 0 Å². The third-order valence-corrected chi connectivity index (χ3v) is 6.46. The van der Waals surface area contributed by atoms with Gasteiger partial charge in [0.2, 0.25) is 0 Å². The summed E-state index contributed by atoms with van der Waals surface area (Å²) in [4.78, 5) is 9.31. The van der Waals surface area contributed by atoms with Crippen molar-refractivity contribution in [1.82, 2.24) is 14.9 Å². The van der Waals surface area contributed by atoms with E-state index in [-0.39, 0.29) is 0 Å². The molecule has 2 N–H and O–H groups in total. The number of aryl methyl sites for hydroxylation is 1. The van der Waals surface area contributed by atoms with Gasteiger partial charge in [0, 0.05) is 44.0 Å². The summed E-state index contributed by atoms with van der Waals surface area (Å²) in [5.74, 6) is 0.828. The summed E-state index contributed by atoms with van der Waals surface area (Å²) < 4.78 is 5.42. The Morgan fingerprint density at radius 1 is 1.00 bits per heavy atom. The first kappa shape index (κ1) is 26.1. The summed E-state index contributed by atoms with van der Waals surface area (Å²) in [6, 6.07) is 16.5. The summed E-state index contributed by atoms with van der Waals surface area (Å²) in [6.45, 7) is 22.7. The predicted molar refractivity (Wildman–Crippen MR) is 152 cm³/mol. The standard InChI is InChI=1S/C25H24N2O.C6H15N/c1-15(2)24-17(4)27-23(25(24)18-9-7-6-8-10-18)14-20-16(3)26-22-12-11-19(28-5)13-21(20)22;1-4-7(5-2)6-3/h6-14,26-27H,1,3H2,2,4-5H3;4-6H2,1-3H3/b20-14+;. The number of benzene rings is 2. The van der Waals surface area contributed by atoms with Crippen molar-refractivity contribution in [2.45, 2.75) is 34.6 Å². The van der Waals surface area contributed by atoms with Gasteiger partial charge in [0.15, 0.2) is 0 Å². The van der Waals surface area contributed by atoms with Crippen LogP contribution in [0.1, 0.15) is 44.6 Å². The number of H-pyrrole nitrogens is 2. The number of aromatic nitrogens is 2. The molecule has 0 atom stereocenters. The first-order valence-corrected chi connectivity index (χ1v) is 12.4. The average Bonchev–Trinajstić information content (AvgIpc) is 3.36. The fraction of sp³-hybridized carbons (Fsp3) is 0.290. The summed E-state index contributed by atoms with van der Waals surface area (Å²) in [5, 5.41) is 3.03. The topological polar surface area (TPSA) is 44.1 Å². The minimum atomic E-state index is 0.828. The van der Waals surface area contributed by atoms with Crippen LogP contribution in [0.4, 0.5) is 0 Å². The SMILES string of the molecule is C=C(C)c1c(C)[nH]c(/C=c2\c(=C)[nH]c3ccc(OC)cc23)c1-c1ccccc1.CCN(CC)CC. The molecule has 0 fully saturated rings. The van der Waals surface area contributed by atoms with Gasteiger partial charge in [0.1, 0.15) is 5.75 Å². The highest BCUT2D eigenvalue weighted by atomic mass is 16.5. The van der Waals surface area contributed by atoms with E-state index in [0.717, 1.165) is 44.2 Å². The van der Waals surface area contributed by atoms with Crippen LogP contribution >= 0.6 is 0 Å². The fourth-order valence-electron chi connectivity index (χ4n) is 4.55. The van der Waals surface area contributed by atoms with Crippen LogP contribution in [-0.2, 0) is 0 Å². The van der Waals surface area contributed by atoms with Crippen molar-refractivity contribution < 1.29 is 4.74 Å². The van der Waals surface area contributed by atoms with Gasteiger partial charge in [-0.2, -0.15) is 0 Å². The minimum Gasteiger partial charge on any atom is -0.497 e. The molecule has 35 heavy (non-hydrogen) atoms. The first-order valence-electron chi connectivity index (χ1n) is 12.4. The molecule has 0 unspecified atom stereocenters. The lowest BCUT2D eigenvalue weighted by atomic mass is 9.96. The molecule has 2 aromatic carbocycles. The number of nitrogens with one attached hydrogen (secondary N) is 2. The molecule has 0 spiro atoms. The molecule has 0 saturated carbocycles. The molecular formula is C31H39N3O. The number of methoxy groups -OCH3 is 1. The van der Waals surface area contributed by atoms with E-state index in [4.69, 9.17) is 4.74 Å². The molecular weight excluding hydrogens is 430 g/mol. The number of aromatic amines is 2. The highest BCUT2D eigenvalue weighted by molar-refractivity contribution is 5.89. The van der Waals surface area contributed by atoms with E-state index in [0.29, 0.717) is 0 Å². The minimum absolute atomic E-state index is 0.828. The van der Waals surface area contributed by atoms with Crippen LogP contribution in [0.5, 0.6) is 5.75 Å². The molecule has 0 aliphatic rings. The largest absolute Gasteiger partial charge is 0.497 e. The maximum absolute atomic E-state index is 5.42. The molecule has 4 aromatic rings. The van der Waals surface area contributed by atoms with E-state index in [1.807, 2.05) is 24.3 Å². The number of rotatable bonds is 7. The molecule has 0 radical (unpaired) electrons. The lowest BCUT2D eigenvalue weighted by Gasteiger charge is -2.13. The molecule has 0 aliphatic carbocycles. The second-order valence-electron chi connectivity index (χ2n) is 8.75. The predicted octanol–water partition coefficient (Wildman–Crippen LogP) is 6.10. The maximum Gasteiger partial charge on any atom is 0.119 e. The van der Waals surface area contributed by atoms with Crippen LogP contribution in [0.15, 0.2) is 55.1 Å². The van der Waals surface area contributed by atoms with Gasteiger partial charge >= 0.3 is 0 Å². The van der Waals surface area contributed by atoms with Gasteiger partial charge in [-0.15, -0.1) is 0 Å². The normalized spacial score (nSPS) is 11.6. The zero-order valence-electron chi connectivity index (χ0n) is 22.1. The Kier molecular flexibility index (Phi) is 8.78. The molecule has 4 heteroatoms. The Morgan fingerprint density at radius 2 is 1.66 bits per heavy atom. The maximum atomic E-state index is 5.42. The average molecular weight is 470 g/mol. The van der Waals surface area contributed by atoms with Crippen molar-refractivity contribution in [3.05, 3.63) is 82.6 Å². The third-order valence-electron chi connectivity index (χ3n) is 6.46. The number of hydrogen-bond acceptors (Lipinski definition) is 2. The number of ether oxygens (including phenoxy) is 1. The summed E-state index contributed by atoms with van der Waals surface area (Å²) in [6.07, 6.45) is 2.17. The molecule has 2 heterocycles. The lowest BCUT2D eigenvalue weighted by Crippen LogP contribution is -2.21. The van der Waals surface area contributed by atoms with Gasteiger partial charge in [0.05, 0.1) is 7.11 Å². The summed E-state index contributed by atoms with van der Waals surface area (Å²) in [5.41, 5.74) is 7.75. The number of allylic oxidation sites excluding steroid dienone is 1. The van der Waals surface area contributed by atoms with Crippen LogP contribution in [0.25, 0.3) is 40.3 Å². The van der Waals surface area contributed by atoms with Gasteiger partial charge in [0.25, 0.3) is 0 Å². The molecule has 0 bridgehead atoms. The third kappa shape index (κ3) is 5.77. The van der Waals surface area contributed by atoms with E-state index in [9.17, 15) is 0 Å². The van der Waals surface area contributed by atoms with Crippen molar-refractivity contribution in [2.75, 3.05) is 26.7 Å². The van der Waals surface area contributed by atoms with Crippen molar-refractivity contribution in [1.29, 1.82) is 0 Å². The van der Waals surface area contributed by atoms with Crippen molar-refractivity contribution >= 4 is 29.1 Å². The first-order chi connectivity index (χ1) is 16.8. The van der Waals surface area contributed by atoms with Crippen LogP contribution in [0.2, 0.25) is 0 Å². The smallest absolute Gasteiger partial charge is 0.119 e. The Bertz CT molecular complexity index is 1380. The van der Waals surface area contributed by atoms with Crippen LogP contribution in [0.3, 0.4) is 0 Å². The molecule has 0 aliphatic heterocycles. The Morgan fingerprint density at radius 3 is 2.20 bits per heavy atom. The van der Waals surface area contributed by atoms with Gasteiger partial charge in [-0.05, 0) is 68.9 Å². The molecule has 0 amide bonds. The summed E-state index contributed by atoms with van der Waals surface area (Å²) >= 11 is 0. The van der Waals surface area contributed by atoms with Crippen molar-refractivity contribution in [3.8, 4) is 16.9 Å². The molecule has 184 valence electrons. The Balaban J connectivity index is 0.000000429. The lowest BCUT2D eigenvalue weighted by molar-refractivity contribution is 0.321. The highest BCUT2D eigenvalue weighted by Crippen LogP contribution is 2.34. The zero-order chi connectivity index (χ0) is 25.5. The highest BCUT2D eigenvalue weighted by Gasteiger charge is 2.16. The second kappa shape index (κ2) is 11.8. The van der Waals surface area contributed by atoms with E-state index in [2.05, 4.69) is 93.0 Å². The quantitative estimate of drug-likeness (QED) is 0.343. The Hall–Kier alpha value is -3.50. The van der Waals surface area contributed by atoms with E-state index >= 15 is 0 Å². The monoisotopic (exact) mass is 469 g/mol. The fourth-order valence-corrected chi connectivity index (χ4v) is 4.55. The van der Waals surface area contributed by atoms with Gasteiger partial charge in [-0.1, -0.05) is 64.3 Å². The molecule has 4 rings (SSSR count). The van der Waals surface area contributed by atoms with E-state index in [1.54, 1.807) is 7.11 Å². The van der Waals surface area contributed by atoms with Crippen molar-refractivity contribution in [2.24, 2.45) is 0 Å². The number of fused-ring (bicyclic) bond motifs is 1. The van der Waals surface area contributed by atoms with E-state index < -0.39 is 0 Å². The number of hydrogen-bond donors (Lipinski definition) is 2. The van der Waals surface area contributed by atoms with Gasteiger partial charge in [-0.3, -0.25) is 0 Å². The number of nitrogens with zero attached hydrogens (tertiary/aromatic N) is 1. The zero-order valence-corrected chi connectivity index (χ0v) is 22.1. The van der Waals surface area contributed by atoms with Gasteiger partial charge in [-0.25, -0.2) is 0 Å². The van der Waals surface area contributed by atoms with Gasteiger partial charge < -0.3 is 19.6 Å². The van der Waals surface area contributed by atoms with Crippen LogP contribution in [0, 0.1) is 6.92 Å². The molecule has 4 nitrogen and oxygen atoms in total. The van der Waals surface area contributed by atoms with Crippen LogP contribution < -0.4 is 15.3 Å². The summed E-state index contributed by atoms with van der Waals surface area (Å²) in [7, 11) is 1.68. The van der Waals surface area contributed by atoms with Crippen LogP contribution in [-0.4, -0.2) is 41.6 Å². The van der Waals surface area contributed by atoms with E-state index in [1.165, 1.54) is 36.3 Å².